The normalized spacial score (nSPS) is 23.3. The molecule has 0 aromatic heterocycles. The van der Waals surface area contributed by atoms with Crippen LogP contribution in [0, 0.1) is 11.3 Å². The SMILES string of the molecule is CC(C)[C@@H](CS(=O)(=NC(=O)C(F)(F)F)C(C)C)N1C(=O)[C@@](C)(CC(=O)O)C[C@H](c2cccc(Cl)c2)[C@H]1c1ccc(Cl)cc1. The van der Waals surface area contributed by atoms with Crippen LogP contribution < -0.4 is 0 Å². The highest BCUT2D eigenvalue weighted by molar-refractivity contribution is 7.94. The van der Waals surface area contributed by atoms with Crippen LogP contribution in [0.4, 0.5) is 13.2 Å². The number of carboxylic acids is 1. The standard InChI is InChI=1S/C30H35Cl2F3N2O5S/c1-17(2)24(16-43(42,18(3)4)36-27(40)30(33,34)35)37-26(19-9-11-21(31)12-10-19)23(20-7-6-8-22(32)13-20)14-29(5,28(37)41)15-25(38)39/h6-13,17-18,23-24,26H,14-16H2,1-5H3,(H,38,39)/t23-,24-,26-,29-,43?/m1/s1. The molecule has 0 aliphatic carbocycles. The van der Waals surface area contributed by atoms with Crippen LogP contribution in [0.25, 0.3) is 0 Å². The average molecular weight is 664 g/mol. The lowest BCUT2D eigenvalue weighted by Crippen LogP contribution is -2.59. The number of alkyl halides is 3. The maximum absolute atomic E-state index is 14.5. The third-order valence-corrected chi connectivity index (χ3v) is 11.1. The summed E-state index contributed by atoms with van der Waals surface area (Å²) in [5.74, 6) is -5.76. The summed E-state index contributed by atoms with van der Waals surface area (Å²) in [6.07, 6.45) is -5.73. The smallest absolute Gasteiger partial charge is 0.474 e. The van der Waals surface area contributed by atoms with E-state index in [1.165, 1.54) is 18.7 Å². The van der Waals surface area contributed by atoms with Crippen LogP contribution in [0.2, 0.25) is 10.0 Å². The molecule has 5 atom stereocenters. The maximum Gasteiger partial charge on any atom is 0.474 e. The molecule has 1 saturated heterocycles. The molecule has 2 aromatic carbocycles. The van der Waals surface area contributed by atoms with Gasteiger partial charge in [-0.25, -0.2) is 4.21 Å². The van der Waals surface area contributed by atoms with Gasteiger partial charge in [-0.05, 0) is 47.7 Å². The Labute approximate surface area is 259 Å². The second-order valence-electron chi connectivity index (χ2n) is 11.8. The number of piperidine rings is 1. The number of hydrogen-bond donors (Lipinski definition) is 1. The zero-order valence-electron chi connectivity index (χ0n) is 24.4. The van der Waals surface area contributed by atoms with Gasteiger partial charge < -0.3 is 10.0 Å². The minimum Gasteiger partial charge on any atom is -0.481 e. The Balaban J connectivity index is 2.35. The number of rotatable bonds is 9. The van der Waals surface area contributed by atoms with Gasteiger partial charge in [-0.1, -0.05) is 82.1 Å². The zero-order chi connectivity index (χ0) is 32.5. The number of hydrogen-bond acceptors (Lipinski definition) is 4. The first kappa shape index (κ1) is 34.9. The van der Waals surface area contributed by atoms with Crippen molar-refractivity contribution in [1.29, 1.82) is 0 Å². The van der Waals surface area contributed by atoms with E-state index in [-0.39, 0.29) is 6.42 Å². The minimum absolute atomic E-state index is 0.115. The second kappa shape index (κ2) is 13.2. The summed E-state index contributed by atoms with van der Waals surface area (Å²) in [5, 5.41) is 9.70. The highest BCUT2D eigenvalue weighted by Gasteiger charge is 2.53. The largest absolute Gasteiger partial charge is 0.481 e. The number of nitrogens with zero attached hydrogens (tertiary/aromatic N) is 2. The minimum atomic E-state index is -5.32. The maximum atomic E-state index is 14.5. The number of amides is 2. The molecule has 13 heteroatoms. The molecule has 0 radical (unpaired) electrons. The first-order valence-electron chi connectivity index (χ1n) is 13.7. The van der Waals surface area contributed by atoms with Crippen molar-refractivity contribution in [3.8, 4) is 0 Å². The van der Waals surface area contributed by atoms with Crippen LogP contribution in [0.5, 0.6) is 0 Å². The Hall–Kier alpha value is -2.63. The molecule has 0 bridgehead atoms. The van der Waals surface area contributed by atoms with Crippen LogP contribution in [0.3, 0.4) is 0 Å². The van der Waals surface area contributed by atoms with Gasteiger partial charge in [0.1, 0.15) is 0 Å². The lowest BCUT2D eigenvalue weighted by Gasteiger charge is -2.53. The number of likely N-dealkylation sites (tertiary alicyclic amines) is 1. The predicted molar refractivity (Wildman–Crippen MR) is 160 cm³/mol. The molecule has 1 N–H and O–H groups in total. The fraction of sp³-hybridized carbons (Fsp3) is 0.500. The highest BCUT2D eigenvalue weighted by atomic mass is 35.5. The molecule has 43 heavy (non-hydrogen) atoms. The number of carbonyl (C=O) groups excluding carboxylic acids is 2. The molecule has 1 aliphatic heterocycles. The van der Waals surface area contributed by atoms with Crippen molar-refractivity contribution in [2.24, 2.45) is 15.7 Å². The van der Waals surface area contributed by atoms with E-state index in [0.29, 0.717) is 21.2 Å². The van der Waals surface area contributed by atoms with Gasteiger partial charge in [0.25, 0.3) is 0 Å². The topological polar surface area (TPSA) is 104 Å². The van der Waals surface area contributed by atoms with E-state index in [9.17, 15) is 36.9 Å². The first-order chi connectivity index (χ1) is 19.8. The summed E-state index contributed by atoms with van der Waals surface area (Å²) < 4.78 is 57.0. The van der Waals surface area contributed by atoms with Crippen molar-refractivity contribution in [3.05, 3.63) is 69.7 Å². The van der Waals surface area contributed by atoms with E-state index in [1.807, 2.05) is 6.07 Å². The first-order valence-corrected chi connectivity index (χ1v) is 16.2. The van der Waals surface area contributed by atoms with Gasteiger partial charge in [0.2, 0.25) is 5.91 Å². The molecule has 1 aliphatic rings. The lowest BCUT2D eigenvalue weighted by molar-refractivity contribution is -0.169. The molecule has 0 spiro atoms. The number of aliphatic carboxylic acids is 1. The Morgan fingerprint density at radius 1 is 1.07 bits per heavy atom. The van der Waals surface area contributed by atoms with Crippen LogP contribution in [-0.4, -0.2) is 55.2 Å². The molecule has 7 nitrogen and oxygen atoms in total. The van der Waals surface area contributed by atoms with Gasteiger partial charge in [0.05, 0.1) is 33.4 Å². The van der Waals surface area contributed by atoms with Crippen LogP contribution in [0.15, 0.2) is 52.9 Å². The Kier molecular flexibility index (Phi) is 10.7. The Morgan fingerprint density at radius 3 is 2.16 bits per heavy atom. The summed E-state index contributed by atoms with van der Waals surface area (Å²) in [6.45, 7) is 7.80. The number of carboxylic acid groups (broad SMARTS) is 1. The van der Waals surface area contributed by atoms with Crippen molar-refractivity contribution in [3.63, 3.8) is 0 Å². The lowest BCUT2D eigenvalue weighted by atomic mass is 9.66. The number of halogens is 5. The third kappa shape index (κ3) is 7.91. The Bertz CT molecular complexity index is 1490. The molecular weight excluding hydrogens is 628 g/mol. The summed E-state index contributed by atoms with van der Waals surface area (Å²) in [7, 11) is -3.86. The van der Waals surface area contributed by atoms with E-state index in [0.717, 1.165) is 0 Å². The quantitative estimate of drug-likeness (QED) is 0.299. The van der Waals surface area contributed by atoms with Gasteiger partial charge in [-0.2, -0.15) is 17.5 Å². The van der Waals surface area contributed by atoms with Crippen LogP contribution in [-0.2, 0) is 24.1 Å². The van der Waals surface area contributed by atoms with E-state index in [4.69, 9.17) is 23.2 Å². The van der Waals surface area contributed by atoms with Gasteiger partial charge >= 0.3 is 18.1 Å². The van der Waals surface area contributed by atoms with Gasteiger partial charge in [0, 0.05) is 27.3 Å². The Morgan fingerprint density at radius 2 is 1.67 bits per heavy atom. The third-order valence-electron chi connectivity index (χ3n) is 7.88. The van der Waals surface area contributed by atoms with Gasteiger partial charge in [0.15, 0.2) is 0 Å². The molecular formula is C30H35Cl2F3N2O5S. The molecule has 236 valence electrons. The zero-order valence-corrected chi connectivity index (χ0v) is 26.7. The summed E-state index contributed by atoms with van der Waals surface area (Å²) >= 11 is 12.5. The highest BCUT2D eigenvalue weighted by Crippen LogP contribution is 2.52. The molecule has 2 aromatic rings. The summed E-state index contributed by atoms with van der Waals surface area (Å²) in [5.41, 5.74) is -0.0947. The van der Waals surface area contributed by atoms with Crippen LogP contribution in [0.1, 0.15) is 70.5 Å². The van der Waals surface area contributed by atoms with E-state index in [1.54, 1.807) is 63.2 Å². The van der Waals surface area contributed by atoms with E-state index >= 15 is 0 Å². The summed E-state index contributed by atoms with van der Waals surface area (Å²) in [6, 6.07) is 11.9. The number of benzene rings is 2. The van der Waals surface area contributed by atoms with E-state index < -0.39 is 80.4 Å². The summed E-state index contributed by atoms with van der Waals surface area (Å²) in [4.78, 5) is 39.9. The average Bonchev–Trinajstić information content (AvgIpc) is 2.88. The number of carbonyl (C=O) groups is 3. The predicted octanol–water partition coefficient (Wildman–Crippen LogP) is 7.52. The van der Waals surface area contributed by atoms with Crippen molar-refractivity contribution in [1.82, 2.24) is 4.90 Å². The fourth-order valence-corrected chi connectivity index (χ4v) is 8.02. The van der Waals surface area contributed by atoms with E-state index in [2.05, 4.69) is 4.36 Å². The van der Waals surface area contributed by atoms with Crippen molar-refractivity contribution >= 4 is 50.7 Å². The fourth-order valence-electron chi connectivity index (χ4n) is 5.61. The van der Waals surface area contributed by atoms with Gasteiger partial charge in [-0.3, -0.25) is 14.4 Å². The molecule has 1 fully saturated rings. The van der Waals surface area contributed by atoms with Crippen molar-refractivity contribution in [2.45, 2.75) is 76.9 Å². The second-order valence-corrected chi connectivity index (χ2v) is 15.5. The van der Waals surface area contributed by atoms with Crippen molar-refractivity contribution < 1.29 is 36.9 Å². The molecule has 0 saturated carbocycles. The van der Waals surface area contributed by atoms with Crippen molar-refractivity contribution in [2.75, 3.05) is 5.75 Å². The molecule has 3 rings (SSSR count). The van der Waals surface area contributed by atoms with Crippen LogP contribution >= 0.6 is 23.2 Å². The molecule has 1 heterocycles. The van der Waals surface area contributed by atoms with Gasteiger partial charge in [-0.15, -0.1) is 0 Å². The monoisotopic (exact) mass is 662 g/mol. The molecule has 2 amide bonds. The molecule has 1 unspecified atom stereocenters.